The molecule has 2 aromatic carbocycles. The minimum absolute atomic E-state index is 0.0841. The van der Waals surface area contributed by atoms with Crippen LogP contribution in [0.5, 0.6) is 11.5 Å². The Kier molecular flexibility index (Phi) is 4.50. The number of carbonyl (C=O) groups excluding carboxylic acids is 1. The van der Waals surface area contributed by atoms with Gasteiger partial charge in [0.2, 0.25) is 11.9 Å². The predicted molar refractivity (Wildman–Crippen MR) is 99.9 cm³/mol. The molecular formula is C20H20N4O3. The minimum atomic E-state index is -0.226. The van der Waals surface area contributed by atoms with Crippen LogP contribution in [0.4, 0.5) is 5.95 Å². The highest BCUT2D eigenvalue weighted by Gasteiger charge is 2.28. The Labute approximate surface area is 156 Å². The second-order valence-electron chi connectivity index (χ2n) is 6.48. The van der Waals surface area contributed by atoms with Gasteiger partial charge in [-0.1, -0.05) is 35.9 Å². The SMILES string of the molecule is COc1cc([C@H]2CC(=O)Nc3ncnn32)ccc1OCc1ccc(C)cc1. The average molecular weight is 364 g/mol. The van der Waals surface area contributed by atoms with E-state index in [1.165, 1.54) is 11.9 Å². The summed E-state index contributed by atoms with van der Waals surface area (Å²) in [6.07, 6.45) is 1.73. The smallest absolute Gasteiger partial charge is 0.229 e. The molecule has 0 saturated carbocycles. The summed E-state index contributed by atoms with van der Waals surface area (Å²) >= 11 is 0. The van der Waals surface area contributed by atoms with Crippen LogP contribution in [0.3, 0.4) is 0 Å². The van der Waals surface area contributed by atoms with Gasteiger partial charge in [0, 0.05) is 0 Å². The van der Waals surface area contributed by atoms with E-state index in [1.807, 2.05) is 30.3 Å². The molecule has 0 spiro atoms. The second-order valence-corrected chi connectivity index (χ2v) is 6.48. The summed E-state index contributed by atoms with van der Waals surface area (Å²) in [7, 11) is 1.60. The number of nitrogens with one attached hydrogen (secondary N) is 1. The molecule has 2 heterocycles. The molecule has 138 valence electrons. The van der Waals surface area contributed by atoms with Crippen LogP contribution in [0.2, 0.25) is 0 Å². The zero-order chi connectivity index (χ0) is 18.8. The number of amides is 1. The van der Waals surface area contributed by atoms with Gasteiger partial charge in [-0.15, -0.1) is 0 Å². The molecule has 7 nitrogen and oxygen atoms in total. The molecule has 0 fully saturated rings. The summed E-state index contributed by atoms with van der Waals surface area (Å²) < 4.78 is 13.2. The molecule has 0 unspecified atom stereocenters. The van der Waals surface area contributed by atoms with E-state index < -0.39 is 0 Å². The molecule has 1 N–H and O–H groups in total. The van der Waals surface area contributed by atoms with E-state index in [4.69, 9.17) is 9.47 Å². The molecule has 7 heteroatoms. The summed E-state index contributed by atoms with van der Waals surface area (Å²) in [5.41, 5.74) is 3.21. The topological polar surface area (TPSA) is 78.3 Å². The van der Waals surface area contributed by atoms with Crippen molar-refractivity contribution in [1.82, 2.24) is 14.8 Å². The van der Waals surface area contributed by atoms with E-state index >= 15 is 0 Å². The highest BCUT2D eigenvalue weighted by Crippen LogP contribution is 2.35. The van der Waals surface area contributed by atoms with Gasteiger partial charge in [-0.3, -0.25) is 10.1 Å². The quantitative estimate of drug-likeness (QED) is 0.753. The van der Waals surface area contributed by atoms with Crippen LogP contribution in [0.25, 0.3) is 0 Å². The third-order valence-corrected chi connectivity index (χ3v) is 4.59. The molecule has 1 aromatic heterocycles. The van der Waals surface area contributed by atoms with E-state index in [9.17, 15) is 4.79 Å². The fourth-order valence-electron chi connectivity index (χ4n) is 3.12. The van der Waals surface area contributed by atoms with Gasteiger partial charge < -0.3 is 9.47 Å². The molecule has 3 aromatic rings. The first-order valence-corrected chi connectivity index (χ1v) is 8.69. The monoisotopic (exact) mass is 364 g/mol. The lowest BCUT2D eigenvalue weighted by molar-refractivity contribution is -0.117. The van der Waals surface area contributed by atoms with E-state index in [0.717, 1.165) is 11.1 Å². The Morgan fingerprint density at radius 3 is 2.78 bits per heavy atom. The van der Waals surface area contributed by atoms with Crippen molar-refractivity contribution in [2.45, 2.75) is 26.0 Å². The van der Waals surface area contributed by atoms with Crippen molar-refractivity contribution in [3.05, 3.63) is 65.5 Å². The number of fused-ring (bicyclic) bond motifs is 1. The molecule has 1 amide bonds. The zero-order valence-corrected chi connectivity index (χ0v) is 15.2. The lowest BCUT2D eigenvalue weighted by atomic mass is 10.0. The maximum absolute atomic E-state index is 12.0. The number of nitrogens with zero attached hydrogens (tertiary/aromatic N) is 3. The fourth-order valence-corrected chi connectivity index (χ4v) is 3.12. The van der Waals surface area contributed by atoms with Crippen LogP contribution >= 0.6 is 0 Å². The summed E-state index contributed by atoms with van der Waals surface area (Å²) in [4.78, 5) is 16.0. The lowest BCUT2D eigenvalue weighted by Gasteiger charge is -2.24. The van der Waals surface area contributed by atoms with Crippen molar-refractivity contribution < 1.29 is 14.3 Å². The van der Waals surface area contributed by atoms with Crippen molar-refractivity contribution in [2.24, 2.45) is 0 Å². The maximum atomic E-state index is 12.0. The first-order chi connectivity index (χ1) is 13.1. The highest BCUT2D eigenvalue weighted by molar-refractivity contribution is 5.91. The molecule has 27 heavy (non-hydrogen) atoms. The van der Waals surface area contributed by atoms with E-state index in [1.54, 1.807) is 11.8 Å². The summed E-state index contributed by atoms with van der Waals surface area (Å²) in [5.74, 6) is 1.64. The summed E-state index contributed by atoms with van der Waals surface area (Å²) in [6.45, 7) is 2.51. The number of rotatable bonds is 5. The van der Waals surface area contributed by atoms with Crippen LogP contribution in [0, 0.1) is 6.92 Å². The van der Waals surface area contributed by atoms with Crippen LogP contribution in [0.1, 0.15) is 29.2 Å². The van der Waals surface area contributed by atoms with Crippen LogP contribution in [-0.2, 0) is 11.4 Å². The fraction of sp³-hybridized carbons (Fsp3) is 0.250. The van der Waals surface area contributed by atoms with Gasteiger partial charge in [-0.25, -0.2) is 4.68 Å². The van der Waals surface area contributed by atoms with Crippen molar-refractivity contribution in [3.63, 3.8) is 0 Å². The van der Waals surface area contributed by atoms with Crippen LogP contribution in [0.15, 0.2) is 48.8 Å². The molecule has 0 radical (unpaired) electrons. The number of aromatic nitrogens is 3. The van der Waals surface area contributed by atoms with Crippen molar-refractivity contribution in [3.8, 4) is 11.5 Å². The third kappa shape index (κ3) is 3.48. The average Bonchev–Trinajstić information content (AvgIpc) is 3.15. The number of ether oxygens (including phenoxy) is 2. The number of carbonyl (C=O) groups is 1. The minimum Gasteiger partial charge on any atom is -0.493 e. The van der Waals surface area contributed by atoms with Crippen molar-refractivity contribution in [2.75, 3.05) is 12.4 Å². The first kappa shape index (κ1) is 17.1. The Morgan fingerprint density at radius 2 is 2.00 bits per heavy atom. The number of benzene rings is 2. The van der Waals surface area contributed by atoms with Crippen LogP contribution in [-0.4, -0.2) is 27.8 Å². The van der Waals surface area contributed by atoms with Gasteiger partial charge in [0.25, 0.3) is 0 Å². The molecule has 0 saturated heterocycles. The van der Waals surface area contributed by atoms with Gasteiger partial charge in [0.1, 0.15) is 12.9 Å². The summed E-state index contributed by atoms with van der Waals surface area (Å²) in [5, 5.41) is 6.95. The molecule has 0 bridgehead atoms. The van der Waals surface area contributed by atoms with Crippen molar-refractivity contribution in [1.29, 1.82) is 0 Å². The third-order valence-electron chi connectivity index (χ3n) is 4.59. The van der Waals surface area contributed by atoms with Crippen LogP contribution < -0.4 is 14.8 Å². The Balaban J connectivity index is 1.57. The molecule has 1 atom stereocenters. The normalized spacial score (nSPS) is 15.8. The highest BCUT2D eigenvalue weighted by atomic mass is 16.5. The summed E-state index contributed by atoms with van der Waals surface area (Å²) in [6, 6.07) is 13.7. The number of hydrogen-bond acceptors (Lipinski definition) is 5. The number of anilines is 1. The molecule has 0 aliphatic carbocycles. The first-order valence-electron chi connectivity index (χ1n) is 8.69. The van der Waals surface area contributed by atoms with Gasteiger partial charge in [-0.05, 0) is 30.2 Å². The second kappa shape index (κ2) is 7.11. The van der Waals surface area contributed by atoms with Gasteiger partial charge in [-0.2, -0.15) is 10.1 Å². The van der Waals surface area contributed by atoms with Crippen molar-refractivity contribution >= 4 is 11.9 Å². The predicted octanol–water partition coefficient (Wildman–Crippen LogP) is 3.11. The largest absolute Gasteiger partial charge is 0.493 e. The standard InChI is InChI=1S/C20H20N4O3/c1-13-3-5-14(6-4-13)11-27-17-8-7-15(9-18(17)26-2)16-10-19(25)23-20-21-12-22-24(16)20/h3-9,12,16H,10-11H2,1-2H3,(H,21,22,23,25)/t16-/m1/s1. The van der Waals surface area contributed by atoms with E-state index in [2.05, 4.69) is 34.5 Å². The molecular weight excluding hydrogens is 344 g/mol. The number of methoxy groups -OCH3 is 1. The number of hydrogen-bond donors (Lipinski definition) is 1. The zero-order valence-electron chi connectivity index (χ0n) is 15.2. The molecule has 4 rings (SSSR count). The number of aryl methyl sites for hydroxylation is 1. The Morgan fingerprint density at radius 1 is 1.19 bits per heavy atom. The molecule has 1 aliphatic heterocycles. The Hall–Kier alpha value is -3.35. The van der Waals surface area contributed by atoms with E-state index in [0.29, 0.717) is 30.5 Å². The van der Waals surface area contributed by atoms with Gasteiger partial charge in [0.05, 0.1) is 19.6 Å². The van der Waals surface area contributed by atoms with Gasteiger partial charge in [0.15, 0.2) is 11.5 Å². The lowest BCUT2D eigenvalue weighted by Crippen LogP contribution is -2.29. The Bertz CT molecular complexity index is 966. The maximum Gasteiger partial charge on any atom is 0.229 e. The van der Waals surface area contributed by atoms with Gasteiger partial charge >= 0.3 is 0 Å². The van der Waals surface area contributed by atoms with E-state index in [-0.39, 0.29) is 11.9 Å². The molecule has 1 aliphatic rings.